The van der Waals surface area contributed by atoms with Gasteiger partial charge in [0.2, 0.25) is 5.91 Å². The number of rotatable bonds is 4. The molecule has 1 aromatic heterocycles. The number of hydrogen-bond acceptors (Lipinski definition) is 4. The zero-order chi connectivity index (χ0) is 17.9. The third-order valence-electron chi connectivity index (χ3n) is 4.46. The predicted molar refractivity (Wildman–Crippen MR) is 101 cm³/mol. The summed E-state index contributed by atoms with van der Waals surface area (Å²) in [6, 6.07) is 14.4. The molecule has 1 aliphatic heterocycles. The van der Waals surface area contributed by atoms with Crippen molar-refractivity contribution >= 4 is 28.1 Å². The largest absolute Gasteiger partial charge is 0.338 e. The van der Waals surface area contributed by atoms with Crippen LogP contribution in [0.2, 0.25) is 0 Å². The SMILES string of the molecule is O=C(Cc1csc(Nc2ccc(F)cc2)n1)N1CCc2ccccc2C1. The first kappa shape index (κ1) is 16.7. The summed E-state index contributed by atoms with van der Waals surface area (Å²) in [5, 5.41) is 5.72. The van der Waals surface area contributed by atoms with Gasteiger partial charge < -0.3 is 10.2 Å². The molecule has 0 radical (unpaired) electrons. The highest BCUT2D eigenvalue weighted by Gasteiger charge is 2.21. The van der Waals surface area contributed by atoms with Crippen molar-refractivity contribution in [3.63, 3.8) is 0 Å². The summed E-state index contributed by atoms with van der Waals surface area (Å²) >= 11 is 1.44. The van der Waals surface area contributed by atoms with Gasteiger partial charge in [-0.1, -0.05) is 24.3 Å². The minimum Gasteiger partial charge on any atom is -0.338 e. The number of carbonyl (C=O) groups excluding carboxylic acids is 1. The lowest BCUT2D eigenvalue weighted by molar-refractivity contribution is -0.131. The first-order valence-corrected chi connectivity index (χ1v) is 9.37. The van der Waals surface area contributed by atoms with E-state index in [1.54, 1.807) is 12.1 Å². The van der Waals surface area contributed by atoms with Crippen molar-refractivity contribution in [1.82, 2.24) is 9.88 Å². The van der Waals surface area contributed by atoms with Gasteiger partial charge in [0.25, 0.3) is 0 Å². The molecule has 26 heavy (non-hydrogen) atoms. The standard InChI is InChI=1S/C20H18FN3OS/c21-16-5-7-17(8-6-16)22-20-23-18(13-26-20)11-19(25)24-10-9-14-3-1-2-4-15(14)12-24/h1-8,13H,9-12H2,(H,22,23). The Morgan fingerprint density at radius 1 is 1.15 bits per heavy atom. The minimum atomic E-state index is -0.274. The van der Waals surface area contributed by atoms with Gasteiger partial charge in [-0.15, -0.1) is 11.3 Å². The highest BCUT2D eigenvalue weighted by Crippen LogP contribution is 2.23. The summed E-state index contributed by atoms with van der Waals surface area (Å²) in [5.41, 5.74) is 4.08. The van der Waals surface area contributed by atoms with Crippen LogP contribution in [0.4, 0.5) is 15.2 Å². The Labute approximate surface area is 155 Å². The maximum Gasteiger partial charge on any atom is 0.228 e. The second-order valence-electron chi connectivity index (χ2n) is 6.29. The van der Waals surface area contributed by atoms with Gasteiger partial charge in [0.05, 0.1) is 12.1 Å². The molecule has 0 bridgehead atoms. The summed E-state index contributed by atoms with van der Waals surface area (Å²) in [6.07, 6.45) is 1.19. The van der Waals surface area contributed by atoms with Crippen LogP contribution in [-0.2, 0) is 24.2 Å². The molecule has 1 amide bonds. The van der Waals surface area contributed by atoms with Crippen molar-refractivity contribution in [1.29, 1.82) is 0 Å². The molecular formula is C20H18FN3OS. The van der Waals surface area contributed by atoms with Crippen LogP contribution in [0.15, 0.2) is 53.9 Å². The first-order valence-electron chi connectivity index (χ1n) is 8.49. The maximum absolute atomic E-state index is 13.0. The van der Waals surface area contributed by atoms with E-state index in [4.69, 9.17) is 0 Å². The highest BCUT2D eigenvalue weighted by atomic mass is 32.1. The molecule has 0 saturated heterocycles. The van der Waals surface area contributed by atoms with E-state index in [0.29, 0.717) is 18.1 Å². The lowest BCUT2D eigenvalue weighted by Gasteiger charge is -2.28. The van der Waals surface area contributed by atoms with E-state index in [-0.39, 0.29) is 11.7 Å². The summed E-state index contributed by atoms with van der Waals surface area (Å²) in [5.74, 6) is -0.179. The first-order chi connectivity index (χ1) is 12.7. The Morgan fingerprint density at radius 3 is 2.73 bits per heavy atom. The number of hydrogen-bond donors (Lipinski definition) is 1. The molecule has 1 aliphatic rings. The fourth-order valence-electron chi connectivity index (χ4n) is 3.08. The normalized spacial score (nSPS) is 13.3. The summed E-state index contributed by atoms with van der Waals surface area (Å²) in [4.78, 5) is 19.0. The van der Waals surface area contributed by atoms with Crippen LogP contribution in [0.1, 0.15) is 16.8 Å². The molecule has 0 spiro atoms. The number of amides is 1. The van der Waals surface area contributed by atoms with E-state index in [0.717, 1.165) is 24.3 Å². The molecule has 0 fully saturated rings. The Morgan fingerprint density at radius 2 is 1.92 bits per heavy atom. The third kappa shape index (κ3) is 3.75. The molecule has 3 aromatic rings. The predicted octanol–water partition coefficient (Wildman–Crippen LogP) is 4.15. The molecule has 1 N–H and O–H groups in total. The monoisotopic (exact) mass is 367 g/mol. The number of benzene rings is 2. The van der Waals surface area contributed by atoms with Crippen molar-refractivity contribution in [3.05, 3.63) is 76.5 Å². The Kier molecular flexibility index (Phi) is 4.67. The fraction of sp³-hybridized carbons (Fsp3) is 0.200. The van der Waals surface area contributed by atoms with Gasteiger partial charge in [-0.25, -0.2) is 9.37 Å². The molecule has 132 valence electrons. The molecule has 4 rings (SSSR count). The average Bonchev–Trinajstić information content (AvgIpc) is 3.10. The molecule has 2 aromatic carbocycles. The van der Waals surface area contributed by atoms with Gasteiger partial charge in [-0.05, 0) is 41.8 Å². The Balaban J connectivity index is 1.38. The van der Waals surface area contributed by atoms with Crippen molar-refractivity contribution < 1.29 is 9.18 Å². The van der Waals surface area contributed by atoms with Crippen molar-refractivity contribution in [2.24, 2.45) is 0 Å². The zero-order valence-corrected chi connectivity index (χ0v) is 14.9. The molecule has 6 heteroatoms. The van der Waals surface area contributed by atoms with Crippen LogP contribution in [0.25, 0.3) is 0 Å². The van der Waals surface area contributed by atoms with Crippen LogP contribution in [0, 0.1) is 5.82 Å². The second kappa shape index (κ2) is 7.25. The Bertz CT molecular complexity index is 923. The number of anilines is 2. The Hall–Kier alpha value is -2.73. The molecule has 0 saturated carbocycles. The number of fused-ring (bicyclic) bond motifs is 1. The quantitative estimate of drug-likeness (QED) is 0.753. The van der Waals surface area contributed by atoms with Gasteiger partial charge in [-0.2, -0.15) is 0 Å². The maximum atomic E-state index is 13.0. The number of aromatic nitrogens is 1. The second-order valence-corrected chi connectivity index (χ2v) is 7.14. The third-order valence-corrected chi connectivity index (χ3v) is 5.27. The van der Waals surface area contributed by atoms with Gasteiger partial charge in [-0.3, -0.25) is 4.79 Å². The number of nitrogens with one attached hydrogen (secondary N) is 1. The van der Waals surface area contributed by atoms with Gasteiger partial charge in [0.15, 0.2) is 5.13 Å². The molecule has 0 aliphatic carbocycles. The van der Waals surface area contributed by atoms with E-state index >= 15 is 0 Å². The van der Waals surface area contributed by atoms with Crippen molar-refractivity contribution in [2.75, 3.05) is 11.9 Å². The van der Waals surface area contributed by atoms with Crippen LogP contribution in [0.3, 0.4) is 0 Å². The highest BCUT2D eigenvalue weighted by molar-refractivity contribution is 7.13. The van der Waals surface area contributed by atoms with Crippen molar-refractivity contribution in [3.8, 4) is 0 Å². The minimum absolute atomic E-state index is 0.0955. The summed E-state index contributed by atoms with van der Waals surface area (Å²) < 4.78 is 13.0. The number of carbonyl (C=O) groups is 1. The molecule has 0 unspecified atom stereocenters. The summed E-state index contributed by atoms with van der Waals surface area (Å²) in [6.45, 7) is 1.42. The van der Waals surface area contributed by atoms with E-state index < -0.39 is 0 Å². The fourth-order valence-corrected chi connectivity index (χ4v) is 3.81. The number of halogens is 1. The van der Waals surface area contributed by atoms with Gasteiger partial charge >= 0.3 is 0 Å². The molecular weight excluding hydrogens is 349 g/mol. The van der Waals surface area contributed by atoms with Gasteiger partial charge in [0, 0.05) is 24.2 Å². The van der Waals surface area contributed by atoms with Crippen LogP contribution in [0.5, 0.6) is 0 Å². The van der Waals surface area contributed by atoms with E-state index in [2.05, 4.69) is 22.4 Å². The van der Waals surface area contributed by atoms with Crippen LogP contribution in [-0.4, -0.2) is 22.3 Å². The molecule has 2 heterocycles. The number of thiazole rings is 1. The lowest BCUT2D eigenvalue weighted by Crippen LogP contribution is -2.36. The van der Waals surface area contributed by atoms with E-state index in [9.17, 15) is 9.18 Å². The topological polar surface area (TPSA) is 45.2 Å². The van der Waals surface area contributed by atoms with Crippen LogP contribution < -0.4 is 5.32 Å². The smallest absolute Gasteiger partial charge is 0.228 e. The van der Waals surface area contributed by atoms with Crippen LogP contribution >= 0.6 is 11.3 Å². The molecule has 4 nitrogen and oxygen atoms in total. The zero-order valence-electron chi connectivity index (χ0n) is 14.1. The molecule has 0 atom stereocenters. The lowest BCUT2D eigenvalue weighted by atomic mass is 10.00. The number of nitrogens with zero attached hydrogens (tertiary/aromatic N) is 2. The summed E-state index contributed by atoms with van der Waals surface area (Å²) in [7, 11) is 0. The average molecular weight is 367 g/mol. The van der Waals surface area contributed by atoms with Gasteiger partial charge in [0.1, 0.15) is 5.82 Å². The van der Waals surface area contributed by atoms with E-state index in [1.165, 1.54) is 34.6 Å². The van der Waals surface area contributed by atoms with Crippen molar-refractivity contribution in [2.45, 2.75) is 19.4 Å². The van der Waals surface area contributed by atoms with E-state index in [1.807, 2.05) is 22.4 Å².